The Morgan fingerprint density at radius 3 is 2.96 bits per heavy atom. The van der Waals surface area contributed by atoms with Gasteiger partial charge in [0.2, 0.25) is 11.8 Å². The minimum absolute atomic E-state index is 0.0227. The molecule has 1 fully saturated rings. The van der Waals surface area contributed by atoms with E-state index in [4.69, 9.17) is 4.42 Å². The third kappa shape index (κ3) is 2.81. The van der Waals surface area contributed by atoms with Gasteiger partial charge in [-0.1, -0.05) is 18.2 Å². The third-order valence-corrected chi connectivity index (χ3v) is 5.68. The second-order valence-corrected chi connectivity index (χ2v) is 7.39. The van der Waals surface area contributed by atoms with Crippen LogP contribution in [0.3, 0.4) is 0 Å². The van der Waals surface area contributed by atoms with Gasteiger partial charge in [0.05, 0.1) is 18.7 Å². The van der Waals surface area contributed by atoms with Crippen molar-refractivity contribution in [3.05, 3.63) is 59.7 Å². The highest BCUT2D eigenvalue weighted by Gasteiger charge is 2.37. The van der Waals surface area contributed by atoms with Gasteiger partial charge < -0.3 is 19.2 Å². The molecule has 1 N–H and O–H groups in total. The molecule has 27 heavy (non-hydrogen) atoms. The van der Waals surface area contributed by atoms with Crippen molar-refractivity contribution >= 4 is 22.7 Å². The van der Waals surface area contributed by atoms with Crippen LogP contribution < -0.4 is 0 Å². The number of amides is 2. The molecule has 6 heteroatoms. The Kier molecular flexibility index (Phi) is 3.77. The predicted octanol–water partition coefficient (Wildman–Crippen LogP) is 2.69. The number of nitrogens with one attached hydrogen (secondary N) is 1. The average molecular weight is 363 g/mol. The van der Waals surface area contributed by atoms with Crippen LogP contribution in [-0.4, -0.2) is 39.7 Å². The van der Waals surface area contributed by atoms with E-state index >= 15 is 0 Å². The Labute approximate surface area is 156 Å². The largest absolute Gasteiger partial charge is 0.467 e. The fourth-order valence-corrected chi connectivity index (χ4v) is 4.29. The van der Waals surface area contributed by atoms with Gasteiger partial charge in [-0.2, -0.15) is 0 Å². The topological polar surface area (TPSA) is 69.6 Å². The van der Waals surface area contributed by atoms with Crippen LogP contribution in [-0.2, 0) is 29.1 Å². The van der Waals surface area contributed by atoms with Crippen molar-refractivity contribution in [3.8, 4) is 0 Å². The quantitative estimate of drug-likeness (QED) is 0.778. The van der Waals surface area contributed by atoms with Crippen molar-refractivity contribution in [2.24, 2.45) is 5.92 Å². The molecule has 138 valence electrons. The number of aromatic nitrogens is 1. The molecule has 2 aliphatic rings. The van der Waals surface area contributed by atoms with Crippen LogP contribution in [0, 0.1) is 5.92 Å². The maximum atomic E-state index is 13.1. The molecule has 0 spiro atoms. The van der Waals surface area contributed by atoms with Crippen molar-refractivity contribution in [2.75, 3.05) is 13.1 Å². The highest BCUT2D eigenvalue weighted by Crippen LogP contribution is 2.30. The smallest absolute Gasteiger partial charge is 0.228 e. The minimum atomic E-state index is -0.265. The molecular formula is C21H21N3O3. The van der Waals surface area contributed by atoms with Crippen LogP contribution in [0.4, 0.5) is 0 Å². The van der Waals surface area contributed by atoms with Gasteiger partial charge in [0.25, 0.3) is 0 Å². The van der Waals surface area contributed by atoms with Crippen LogP contribution in [0.5, 0.6) is 0 Å². The summed E-state index contributed by atoms with van der Waals surface area (Å²) < 4.78 is 5.33. The van der Waals surface area contributed by atoms with E-state index in [-0.39, 0.29) is 24.2 Å². The molecule has 0 aliphatic carbocycles. The Hall–Kier alpha value is -3.02. The van der Waals surface area contributed by atoms with Gasteiger partial charge in [-0.25, -0.2) is 0 Å². The fraction of sp³-hybridized carbons (Fsp3) is 0.333. The lowest BCUT2D eigenvalue weighted by Gasteiger charge is -2.29. The number of carbonyl (C=O) groups excluding carboxylic acids is 2. The number of para-hydroxylation sites is 1. The van der Waals surface area contributed by atoms with Gasteiger partial charge in [-0.15, -0.1) is 0 Å². The van der Waals surface area contributed by atoms with Gasteiger partial charge in [0.1, 0.15) is 5.76 Å². The second kappa shape index (κ2) is 6.30. The lowest BCUT2D eigenvalue weighted by Crippen LogP contribution is -2.40. The molecule has 1 aromatic carbocycles. The van der Waals surface area contributed by atoms with E-state index in [2.05, 4.69) is 17.1 Å². The molecule has 0 unspecified atom stereocenters. The van der Waals surface area contributed by atoms with Crippen LogP contribution in [0.2, 0.25) is 0 Å². The molecule has 2 amide bonds. The molecular weight excluding hydrogens is 342 g/mol. The normalized spacial score (nSPS) is 19.7. The van der Waals surface area contributed by atoms with Crippen molar-refractivity contribution in [1.82, 2.24) is 14.8 Å². The lowest BCUT2D eigenvalue weighted by atomic mass is 10.0. The summed E-state index contributed by atoms with van der Waals surface area (Å²) in [5.74, 6) is 0.591. The summed E-state index contributed by atoms with van der Waals surface area (Å²) in [4.78, 5) is 32.5. The van der Waals surface area contributed by atoms with Crippen LogP contribution in [0.25, 0.3) is 10.9 Å². The number of rotatable bonds is 3. The highest BCUT2D eigenvalue weighted by molar-refractivity contribution is 5.90. The third-order valence-electron chi connectivity index (χ3n) is 5.68. The molecule has 0 bridgehead atoms. The van der Waals surface area contributed by atoms with Crippen LogP contribution >= 0.6 is 0 Å². The van der Waals surface area contributed by atoms with Crippen molar-refractivity contribution in [3.63, 3.8) is 0 Å². The number of aromatic amines is 1. The summed E-state index contributed by atoms with van der Waals surface area (Å²) in [5.41, 5.74) is 3.56. The molecule has 5 rings (SSSR count). The number of likely N-dealkylation sites (tertiary alicyclic amines) is 1. The van der Waals surface area contributed by atoms with E-state index in [9.17, 15) is 9.59 Å². The standard InChI is InChI=1S/C21H21N3O3/c25-20-10-14(11-24(20)12-15-4-3-9-27-15)21(26)23-8-7-19-17(13-23)16-5-1-2-6-18(16)22-19/h1-6,9,14,22H,7-8,10-13H2/t14-/m0/s1. The molecule has 0 radical (unpaired) electrons. The van der Waals surface area contributed by atoms with E-state index in [0.717, 1.165) is 17.7 Å². The molecule has 6 nitrogen and oxygen atoms in total. The first-order valence-electron chi connectivity index (χ1n) is 9.36. The summed E-state index contributed by atoms with van der Waals surface area (Å²) in [5, 5.41) is 1.19. The Morgan fingerprint density at radius 1 is 1.22 bits per heavy atom. The zero-order valence-electron chi connectivity index (χ0n) is 15.0. The fourth-order valence-electron chi connectivity index (χ4n) is 4.29. The Bertz CT molecular complexity index is 1010. The number of H-pyrrole nitrogens is 1. The number of nitrogens with zero attached hydrogens (tertiary/aromatic N) is 2. The van der Waals surface area contributed by atoms with E-state index in [0.29, 0.717) is 26.2 Å². The van der Waals surface area contributed by atoms with Gasteiger partial charge in [-0.3, -0.25) is 9.59 Å². The summed E-state index contributed by atoms with van der Waals surface area (Å²) in [6, 6.07) is 11.9. The van der Waals surface area contributed by atoms with Crippen molar-refractivity contribution in [2.45, 2.75) is 25.9 Å². The first-order valence-corrected chi connectivity index (χ1v) is 9.36. The number of hydrogen-bond acceptors (Lipinski definition) is 3. The maximum absolute atomic E-state index is 13.1. The monoisotopic (exact) mass is 363 g/mol. The number of furan rings is 1. The van der Waals surface area contributed by atoms with E-state index < -0.39 is 0 Å². The molecule has 1 atom stereocenters. The predicted molar refractivity (Wildman–Crippen MR) is 99.7 cm³/mol. The minimum Gasteiger partial charge on any atom is -0.467 e. The molecule has 0 saturated carbocycles. The van der Waals surface area contributed by atoms with Crippen molar-refractivity contribution in [1.29, 1.82) is 0 Å². The van der Waals surface area contributed by atoms with Gasteiger partial charge in [0, 0.05) is 54.6 Å². The SMILES string of the molecule is O=C1C[C@H](C(=O)N2CCc3[nH]c4ccccc4c3C2)CN1Cc1ccco1. The summed E-state index contributed by atoms with van der Waals surface area (Å²) in [6.07, 6.45) is 2.72. The molecule has 1 saturated heterocycles. The summed E-state index contributed by atoms with van der Waals surface area (Å²) >= 11 is 0. The van der Waals surface area contributed by atoms with Crippen LogP contribution in [0.1, 0.15) is 23.4 Å². The van der Waals surface area contributed by atoms with Crippen molar-refractivity contribution < 1.29 is 14.0 Å². The lowest BCUT2D eigenvalue weighted by molar-refractivity contribution is -0.136. The number of fused-ring (bicyclic) bond motifs is 3. The highest BCUT2D eigenvalue weighted by atomic mass is 16.3. The first kappa shape index (κ1) is 16.2. The number of benzene rings is 1. The molecule has 4 heterocycles. The van der Waals surface area contributed by atoms with Gasteiger partial charge in [-0.05, 0) is 18.2 Å². The maximum Gasteiger partial charge on any atom is 0.228 e. The summed E-state index contributed by atoms with van der Waals surface area (Å²) in [7, 11) is 0. The number of hydrogen-bond donors (Lipinski definition) is 1. The Morgan fingerprint density at radius 2 is 2.11 bits per heavy atom. The van der Waals surface area contributed by atoms with E-state index in [1.807, 2.05) is 29.2 Å². The van der Waals surface area contributed by atoms with Gasteiger partial charge >= 0.3 is 0 Å². The molecule has 3 aromatic rings. The number of carbonyl (C=O) groups is 2. The Balaban J connectivity index is 1.31. The zero-order chi connectivity index (χ0) is 18.4. The van der Waals surface area contributed by atoms with E-state index in [1.54, 1.807) is 11.2 Å². The molecule has 2 aliphatic heterocycles. The average Bonchev–Trinajstić information content (AvgIpc) is 3.40. The first-order chi connectivity index (χ1) is 13.2. The van der Waals surface area contributed by atoms with Crippen LogP contribution in [0.15, 0.2) is 47.1 Å². The summed E-state index contributed by atoms with van der Waals surface area (Å²) in [6.45, 7) is 2.21. The molecule has 2 aromatic heterocycles. The van der Waals surface area contributed by atoms with Gasteiger partial charge in [0.15, 0.2) is 0 Å². The second-order valence-electron chi connectivity index (χ2n) is 7.39. The van der Waals surface area contributed by atoms with E-state index in [1.165, 1.54) is 16.6 Å². The zero-order valence-corrected chi connectivity index (χ0v) is 15.0.